The number of rotatable bonds is 2. The fourth-order valence-corrected chi connectivity index (χ4v) is 2.75. The number of fused-ring (bicyclic) bond motifs is 1. The Morgan fingerprint density at radius 1 is 1.21 bits per heavy atom. The van der Waals surface area contributed by atoms with Gasteiger partial charge in [0.15, 0.2) is 0 Å². The van der Waals surface area contributed by atoms with E-state index in [2.05, 4.69) is 56.6 Å². The number of pyridine rings is 1. The molecule has 0 saturated carbocycles. The van der Waals surface area contributed by atoms with Crippen LogP contribution in [0.1, 0.15) is 19.9 Å². The lowest BCUT2D eigenvalue weighted by Gasteiger charge is -2.13. The summed E-state index contributed by atoms with van der Waals surface area (Å²) >= 11 is 3.44. The fraction of sp³-hybridized carbons (Fsp3) is 0.286. The monoisotopic (exact) mass is 318 g/mol. The van der Waals surface area contributed by atoms with Crippen molar-refractivity contribution in [1.82, 2.24) is 19.3 Å². The molecule has 3 heterocycles. The third-order valence-corrected chi connectivity index (χ3v) is 3.64. The normalized spacial score (nSPS) is 11.6. The second-order valence-electron chi connectivity index (χ2n) is 4.96. The molecule has 0 bridgehead atoms. The highest BCUT2D eigenvalue weighted by molar-refractivity contribution is 9.10. The summed E-state index contributed by atoms with van der Waals surface area (Å²) in [7, 11) is 1.93. The number of hydrogen-bond acceptors (Lipinski definition) is 2. The molecule has 0 spiro atoms. The highest BCUT2D eigenvalue weighted by Crippen LogP contribution is 2.31. The van der Waals surface area contributed by atoms with Gasteiger partial charge >= 0.3 is 0 Å². The molecule has 4 nitrogen and oxygen atoms in total. The summed E-state index contributed by atoms with van der Waals surface area (Å²) in [6.07, 6.45) is 5.84. The summed E-state index contributed by atoms with van der Waals surface area (Å²) in [6, 6.07) is 4.61. The van der Waals surface area contributed by atoms with E-state index in [1.807, 2.05) is 30.3 Å². The van der Waals surface area contributed by atoms with E-state index < -0.39 is 0 Å². The minimum absolute atomic E-state index is 0.377. The molecule has 5 heteroatoms. The Balaban J connectivity index is 2.32. The molecule has 0 N–H and O–H groups in total. The molecule has 0 aliphatic rings. The molecule has 0 aromatic carbocycles. The van der Waals surface area contributed by atoms with Gasteiger partial charge in [-0.25, -0.2) is 4.98 Å². The lowest BCUT2D eigenvalue weighted by Crippen LogP contribution is -2.02. The maximum Gasteiger partial charge on any atom is 0.108 e. The van der Waals surface area contributed by atoms with Crippen molar-refractivity contribution < 1.29 is 0 Å². The predicted molar refractivity (Wildman–Crippen MR) is 80.0 cm³/mol. The van der Waals surface area contributed by atoms with Gasteiger partial charge in [0.1, 0.15) is 4.60 Å². The van der Waals surface area contributed by atoms with Gasteiger partial charge in [-0.05, 0) is 41.9 Å². The number of aromatic nitrogens is 4. The van der Waals surface area contributed by atoms with Crippen molar-refractivity contribution in [3.05, 3.63) is 35.3 Å². The first-order valence-electron chi connectivity index (χ1n) is 6.22. The Morgan fingerprint density at radius 3 is 2.63 bits per heavy atom. The highest BCUT2D eigenvalue weighted by atomic mass is 79.9. The van der Waals surface area contributed by atoms with E-state index in [0.717, 1.165) is 15.6 Å². The molecule has 0 saturated heterocycles. The van der Waals surface area contributed by atoms with Crippen LogP contribution in [-0.2, 0) is 7.05 Å². The van der Waals surface area contributed by atoms with Crippen LogP contribution in [0.2, 0.25) is 0 Å². The van der Waals surface area contributed by atoms with Crippen LogP contribution in [0.3, 0.4) is 0 Å². The second-order valence-corrected chi connectivity index (χ2v) is 5.77. The molecule has 3 aromatic heterocycles. The van der Waals surface area contributed by atoms with Crippen molar-refractivity contribution >= 4 is 26.8 Å². The van der Waals surface area contributed by atoms with Crippen LogP contribution in [0.15, 0.2) is 35.3 Å². The Labute approximate surface area is 120 Å². The third-order valence-electron chi connectivity index (χ3n) is 3.21. The van der Waals surface area contributed by atoms with Crippen molar-refractivity contribution in [1.29, 1.82) is 0 Å². The van der Waals surface area contributed by atoms with E-state index in [4.69, 9.17) is 0 Å². The summed E-state index contributed by atoms with van der Waals surface area (Å²) in [4.78, 5) is 4.30. The summed E-state index contributed by atoms with van der Waals surface area (Å²) in [5.74, 6) is 0. The Morgan fingerprint density at radius 2 is 2.00 bits per heavy atom. The van der Waals surface area contributed by atoms with Gasteiger partial charge in [-0.3, -0.25) is 4.68 Å². The maximum atomic E-state index is 4.30. The molecule has 19 heavy (non-hydrogen) atoms. The summed E-state index contributed by atoms with van der Waals surface area (Å²) in [5.41, 5.74) is 3.50. The Hall–Kier alpha value is -1.62. The van der Waals surface area contributed by atoms with Crippen molar-refractivity contribution in [2.24, 2.45) is 7.05 Å². The number of halogens is 1. The van der Waals surface area contributed by atoms with Crippen molar-refractivity contribution in [2.75, 3.05) is 0 Å². The first kappa shape index (κ1) is 12.4. The first-order chi connectivity index (χ1) is 9.06. The topological polar surface area (TPSA) is 35.6 Å². The predicted octanol–water partition coefficient (Wildman–Crippen LogP) is 3.78. The molecule has 98 valence electrons. The SMILES string of the molecule is CC(C)n1c(-c2cnn(C)c2)cc2cnc(Br)cc21. The lowest BCUT2D eigenvalue weighted by atomic mass is 10.2. The molecule has 0 radical (unpaired) electrons. The quantitative estimate of drug-likeness (QED) is 0.674. The van der Waals surface area contributed by atoms with Crippen LogP contribution < -0.4 is 0 Å². The van der Waals surface area contributed by atoms with Crippen LogP contribution in [0.25, 0.3) is 22.2 Å². The third kappa shape index (κ3) is 2.08. The van der Waals surface area contributed by atoms with Crippen LogP contribution >= 0.6 is 15.9 Å². The molecular weight excluding hydrogens is 304 g/mol. The smallest absolute Gasteiger partial charge is 0.108 e. The lowest BCUT2D eigenvalue weighted by molar-refractivity contribution is 0.628. The molecular formula is C14H15BrN4. The van der Waals surface area contributed by atoms with Crippen molar-refractivity contribution in [3.8, 4) is 11.3 Å². The van der Waals surface area contributed by atoms with E-state index in [1.54, 1.807) is 0 Å². The van der Waals surface area contributed by atoms with Crippen molar-refractivity contribution in [2.45, 2.75) is 19.9 Å². The number of aryl methyl sites for hydroxylation is 1. The van der Waals surface area contributed by atoms with Crippen LogP contribution in [0.4, 0.5) is 0 Å². The standard InChI is InChI=1S/C14H15BrN4/c1-9(2)19-12(11-7-17-18(3)8-11)4-10-6-16-14(15)5-13(10)19/h4-9H,1-3H3. The van der Waals surface area contributed by atoms with Crippen LogP contribution in [0, 0.1) is 0 Å². The molecule has 3 rings (SSSR count). The first-order valence-corrected chi connectivity index (χ1v) is 7.01. The molecule has 3 aromatic rings. The van der Waals surface area contributed by atoms with Gasteiger partial charge in [0.25, 0.3) is 0 Å². The van der Waals surface area contributed by atoms with Gasteiger partial charge < -0.3 is 4.57 Å². The molecule has 0 aliphatic carbocycles. The zero-order chi connectivity index (χ0) is 13.6. The zero-order valence-corrected chi connectivity index (χ0v) is 12.7. The molecule has 0 fully saturated rings. The van der Waals surface area contributed by atoms with Gasteiger partial charge in [-0.1, -0.05) is 0 Å². The van der Waals surface area contributed by atoms with E-state index in [-0.39, 0.29) is 0 Å². The molecule has 0 amide bonds. The van der Waals surface area contributed by atoms with Crippen LogP contribution in [-0.4, -0.2) is 19.3 Å². The minimum atomic E-state index is 0.377. The van der Waals surface area contributed by atoms with Crippen LogP contribution in [0.5, 0.6) is 0 Å². The average Bonchev–Trinajstić information content (AvgIpc) is 2.91. The van der Waals surface area contributed by atoms with E-state index in [0.29, 0.717) is 6.04 Å². The van der Waals surface area contributed by atoms with Gasteiger partial charge in [-0.2, -0.15) is 5.10 Å². The Bertz CT molecular complexity index is 739. The Kier molecular flexibility index (Phi) is 2.93. The van der Waals surface area contributed by atoms with E-state index in [1.165, 1.54) is 11.2 Å². The van der Waals surface area contributed by atoms with Crippen molar-refractivity contribution in [3.63, 3.8) is 0 Å². The minimum Gasteiger partial charge on any atom is -0.338 e. The van der Waals surface area contributed by atoms with Gasteiger partial charge in [0.2, 0.25) is 0 Å². The maximum absolute atomic E-state index is 4.30. The highest BCUT2D eigenvalue weighted by Gasteiger charge is 2.14. The summed E-state index contributed by atoms with van der Waals surface area (Å²) in [6.45, 7) is 4.38. The van der Waals surface area contributed by atoms with Gasteiger partial charge in [-0.15, -0.1) is 0 Å². The molecule has 0 unspecified atom stereocenters. The largest absolute Gasteiger partial charge is 0.338 e. The summed E-state index contributed by atoms with van der Waals surface area (Å²) in [5, 5.41) is 5.41. The second kappa shape index (κ2) is 4.49. The number of nitrogens with zero attached hydrogens (tertiary/aromatic N) is 4. The van der Waals surface area contributed by atoms with E-state index in [9.17, 15) is 0 Å². The van der Waals surface area contributed by atoms with Gasteiger partial charge in [0, 0.05) is 36.4 Å². The summed E-state index contributed by atoms with van der Waals surface area (Å²) < 4.78 is 5.00. The number of hydrogen-bond donors (Lipinski definition) is 0. The fourth-order valence-electron chi connectivity index (χ4n) is 2.43. The van der Waals surface area contributed by atoms with E-state index >= 15 is 0 Å². The van der Waals surface area contributed by atoms with Gasteiger partial charge in [0.05, 0.1) is 17.4 Å². The molecule has 0 atom stereocenters. The molecule has 0 aliphatic heterocycles. The zero-order valence-electron chi connectivity index (χ0n) is 11.1. The average molecular weight is 319 g/mol.